The predicted octanol–water partition coefficient (Wildman–Crippen LogP) is 0.764. The van der Waals surface area contributed by atoms with Crippen LogP contribution < -0.4 is 11.1 Å². The quantitative estimate of drug-likeness (QED) is 0.701. The van der Waals surface area contributed by atoms with E-state index < -0.39 is 17.9 Å². The van der Waals surface area contributed by atoms with Gasteiger partial charge in [-0.3, -0.25) is 4.79 Å². The Morgan fingerprint density at radius 3 is 2.65 bits per heavy atom. The average Bonchev–Trinajstić information content (AvgIpc) is 2.24. The Morgan fingerprint density at radius 2 is 2.18 bits per heavy atom. The molecule has 1 amide bonds. The Hall–Kier alpha value is -2.11. The van der Waals surface area contributed by atoms with Crippen LogP contribution in [0.5, 0.6) is 0 Å². The first-order valence-electron chi connectivity index (χ1n) is 5.22. The number of carbonyl (C=O) groups excluding carboxylic acids is 1. The van der Waals surface area contributed by atoms with Crippen LogP contribution in [-0.2, 0) is 4.79 Å². The molecule has 0 aliphatic carbocycles. The van der Waals surface area contributed by atoms with Crippen LogP contribution in [0.2, 0.25) is 0 Å². The normalized spacial score (nSPS) is 11.9. The van der Waals surface area contributed by atoms with Crippen molar-refractivity contribution in [3.63, 3.8) is 0 Å². The minimum absolute atomic E-state index is 0.306. The van der Waals surface area contributed by atoms with Crippen LogP contribution in [0.4, 0.5) is 5.82 Å². The number of carboxylic acid groups (broad SMARTS) is 1. The van der Waals surface area contributed by atoms with Gasteiger partial charge in [0.1, 0.15) is 11.9 Å². The van der Waals surface area contributed by atoms with Gasteiger partial charge >= 0.3 is 5.97 Å². The number of aromatic nitrogens is 1. The van der Waals surface area contributed by atoms with E-state index >= 15 is 0 Å². The van der Waals surface area contributed by atoms with Crippen LogP contribution in [0.1, 0.15) is 29.4 Å². The minimum atomic E-state index is -0.962. The maximum Gasteiger partial charge on any atom is 0.326 e. The summed E-state index contributed by atoms with van der Waals surface area (Å²) in [6, 6.07) is 2.26. The molecule has 0 aliphatic heterocycles. The van der Waals surface area contributed by atoms with E-state index in [0.717, 1.165) is 0 Å². The van der Waals surface area contributed by atoms with E-state index in [1.54, 1.807) is 19.9 Å². The third-order valence-corrected chi connectivity index (χ3v) is 2.27. The lowest BCUT2D eigenvalue weighted by atomic mass is 10.2. The lowest BCUT2D eigenvalue weighted by molar-refractivity contribution is -0.137. The number of amides is 1. The Bertz CT molecular complexity index is 446. The van der Waals surface area contributed by atoms with Crippen LogP contribution >= 0.6 is 0 Å². The highest BCUT2D eigenvalue weighted by molar-refractivity contribution is 5.93. The van der Waals surface area contributed by atoms with E-state index in [1.165, 1.54) is 6.07 Å². The molecule has 1 rings (SSSR count). The number of primary amides is 1. The van der Waals surface area contributed by atoms with E-state index in [2.05, 4.69) is 10.3 Å². The van der Waals surface area contributed by atoms with Crippen LogP contribution in [0.15, 0.2) is 12.1 Å². The molecule has 0 spiro atoms. The van der Waals surface area contributed by atoms with Crippen LogP contribution in [0.25, 0.3) is 0 Å². The lowest BCUT2D eigenvalue weighted by Gasteiger charge is -2.13. The van der Waals surface area contributed by atoms with Crippen molar-refractivity contribution in [3.05, 3.63) is 23.4 Å². The molecule has 6 heteroatoms. The molecule has 92 valence electrons. The van der Waals surface area contributed by atoms with Crippen LogP contribution in [-0.4, -0.2) is 28.0 Å². The molecule has 17 heavy (non-hydrogen) atoms. The van der Waals surface area contributed by atoms with Crippen molar-refractivity contribution in [3.8, 4) is 0 Å². The van der Waals surface area contributed by atoms with Crippen molar-refractivity contribution in [1.29, 1.82) is 0 Å². The molecule has 1 aromatic rings. The van der Waals surface area contributed by atoms with Gasteiger partial charge in [-0.1, -0.05) is 6.92 Å². The van der Waals surface area contributed by atoms with E-state index in [-0.39, 0.29) is 0 Å². The first-order chi connectivity index (χ1) is 7.93. The van der Waals surface area contributed by atoms with Crippen molar-refractivity contribution in [2.45, 2.75) is 26.3 Å². The van der Waals surface area contributed by atoms with Gasteiger partial charge < -0.3 is 16.2 Å². The van der Waals surface area contributed by atoms with Crippen molar-refractivity contribution in [1.82, 2.24) is 4.98 Å². The van der Waals surface area contributed by atoms with Crippen molar-refractivity contribution < 1.29 is 14.7 Å². The Labute approximate surface area is 98.8 Å². The Kier molecular flexibility index (Phi) is 4.03. The molecule has 0 bridgehead atoms. The van der Waals surface area contributed by atoms with Gasteiger partial charge in [-0.25, -0.2) is 9.78 Å². The SMILES string of the molecule is CCC(Nc1cc(C(N)=O)cc(C)n1)C(=O)O. The van der Waals surface area contributed by atoms with Gasteiger partial charge in [-0.15, -0.1) is 0 Å². The van der Waals surface area contributed by atoms with E-state index in [1.807, 2.05) is 0 Å². The molecular formula is C11H15N3O3. The molecule has 1 aromatic heterocycles. The number of pyridine rings is 1. The van der Waals surface area contributed by atoms with Crippen LogP contribution in [0, 0.1) is 6.92 Å². The number of aliphatic carboxylic acids is 1. The van der Waals surface area contributed by atoms with Gasteiger partial charge in [0.2, 0.25) is 5.91 Å². The topological polar surface area (TPSA) is 105 Å². The summed E-state index contributed by atoms with van der Waals surface area (Å²) in [6.07, 6.45) is 0.414. The number of carboxylic acids is 1. The molecule has 1 atom stereocenters. The van der Waals surface area contributed by atoms with E-state index in [0.29, 0.717) is 23.5 Å². The Balaban J connectivity index is 2.98. The molecule has 6 nitrogen and oxygen atoms in total. The number of nitrogens with two attached hydrogens (primary N) is 1. The number of rotatable bonds is 5. The first-order valence-corrected chi connectivity index (χ1v) is 5.22. The van der Waals surface area contributed by atoms with E-state index in [9.17, 15) is 9.59 Å². The standard InChI is InChI=1S/C11H15N3O3/c1-3-8(11(16)17)14-9-5-7(10(12)15)4-6(2)13-9/h4-5,8H,3H2,1-2H3,(H2,12,15)(H,13,14)(H,16,17). The van der Waals surface area contributed by atoms with Gasteiger partial charge in [-0.2, -0.15) is 0 Å². The van der Waals surface area contributed by atoms with Crippen molar-refractivity contribution >= 4 is 17.7 Å². The van der Waals surface area contributed by atoms with Gasteiger partial charge in [0.15, 0.2) is 0 Å². The zero-order chi connectivity index (χ0) is 13.0. The first kappa shape index (κ1) is 13.0. The van der Waals surface area contributed by atoms with Gasteiger partial charge in [0.25, 0.3) is 0 Å². The highest BCUT2D eigenvalue weighted by Crippen LogP contribution is 2.12. The third kappa shape index (κ3) is 3.44. The molecule has 0 aromatic carbocycles. The molecule has 1 heterocycles. The van der Waals surface area contributed by atoms with Gasteiger partial charge in [0, 0.05) is 11.3 Å². The lowest BCUT2D eigenvalue weighted by Crippen LogP contribution is -2.29. The molecule has 0 aliphatic rings. The fourth-order valence-electron chi connectivity index (χ4n) is 1.40. The summed E-state index contributed by atoms with van der Waals surface area (Å²) in [4.78, 5) is 26.0. The summed E-state index contributed by atoms with van der Waals surface area (Å²) in [6.45, 7) is 3.45. The molecule has 0 saturated heterocycles. The largest absolute Gasteiger partial charge is 0.480 e. The zero-order valence-electron chi connectivity index (χ0n) is 9.73. The maximum atomic E-state index is 11.0. The number of hydrogen-bond acceptors (Lipinski definition) is 4. The summed E-state index contributed by atoms with van der Waals surface area (Å²) in [5.41, 5.74) is 6.07. The molecule has 0 saturated carbocycles. The Morgan fingerprint density at radius 1 is 1.53 bits per heavy atom. The van der Waals surface area contributed by atoms with Crippen molar-refractivity contribution in [2.75, 3.05) is 5.32 Å². The van der Waals surface area contributed by atoms with E-state index in [4.69, 9.17) is 10.8 Å². The number of aryl methyl sites for hydroxylation is 1. The second-order valence-corrected chi connectivity index (χ2v) is 3.69. The summed E-state index contributed by atoms with van der Waals surface area (Å²) in [7, 11) is 0. The average molecular weight is 237 g/mol. The zero-order valence-corrected chi connectivity index (χ0v) is 9.73. The summed E-state index contributed by atoms with van der Waals surface area (Å²) >= 11 is 0. The van der Waals surface area contributed by atoms with Gasteiger partial charge in [-0.05, 0) is 25.5 Å². The maximum absolute atomic E-state index is 11.0. The minimum Gasteiger partial charge on any atom is -0.480 e. The molecule has 0 radical (unpaired) electrons. The molecular weight excluding hydrogens is 222 g/mol. The number of carbonyl (C=O) groups is 2. The molecule has 1 unspecified atom stereocenters. The summed E-state index contributed by atoms with van der Waals surface area (Å²) in [5.74, 6) is -1.19. The highest BCUT2D eigenvalue weighted by Gasteiger charge is 2.15. The highest BCUT2D eigenvalue weighted by atomic mass is 16.4. The fourth-order valence-corrected chi connectivity index (χ4v) is 1.40. The second-order valence-electron chi connectivity index (χ2n) is 3.69. The monoisotopic (exact) mass is 237 g/mol. The second kappa shape index (κ2) is 5.29. The van der Waals surface area contributed by atoms with Crippen LogP contribution in [0.3, 0.4) is 0 Å². The smallest absolute Gasteiger partial charge is 0.326 e. The summed E-state index contributed by atoms with van der Waals surface area (Å²) < 4.78 is 0. The predicted molar refractivity (Wildman–Crippen MR) is 62.8 cm³/mol. The third-order valence-electron chi connectivity index (χ3n) is 2.27. The summed E-state index contributed by atoms with van der Waals surface area (Å²) in [5, 5.41) is 11.6. The van der Waals surface area contributed by atoms with Gasteiger partial charge in [0.05, 0.1) is 0 Å². The number of anilines is 1. The molecule has 0 fully saturated rings. The van der Waals surface area contributed by atoms with Crippen molar-refractivity contribution in [2.24, 2.45) is 5.73 Å². The number of nitrogens with zero attached hydrogens (tertiary/aromatic N) is 1. The fraction of sp³-hybridized carbons (Fsp3) is 0.364. The number of nitrogens with one attached hydrogen (secondary N) is 1. The molecule has 4 N–H and O–H groups in total. The number of hydrogen-bond donors (Lipinski definition) is 3.